The second-order valence-corrected chi connectivity index (χ2v) is 5.19. The maximum Gasteiger partial charge on any atom is 0.134 e. The minimum absolute atomic E-state index is 0.588. The molecule has 0 saturated heterocycles. The molecule has 1 rings (SSSR count). The topological polar surface area (TPSA) is 67.1 Å². The first-order chi connectivity index (χ1) is 9.06. The average Bonchev–Trinajstić information content (AvgIpc) is 2.37. The Hall–Kier alpha value is -1.36. The van der Waals surface area contributed by atoms with Crippen molar-refractivity contribution < 1.29 is 0 Å². The molecule has 0 bridgehead atoms. The zero-order chi connectivity index (χ0) is 14.3. The van der Waals surface area contributed by atoms with Gasteiger partial charge < -0.3 is 16.0 Å². The van der Waals surface area contributed by atoms with Crippen molar-refractivity contribution in [2.75, 3.05) is 31.2 Å². The molecule has 3 N–H and O–H groups in total. The van der Waals surface area contributed by atoms with Crippen LogP contribution >= 0.6 is 0 Å². The predicted octanol–water partition coefficient (Wildman–Crippen LogP) is 2.15. The fourth-order valence-electron chi connectivity index (χ4n) is 1.87. The molecule has 1 aromatic rings. The number of rotatable bonds is 8. The van der Waals surface area contributed by atoms with E-state index in [2.05, 4.69) is 48.0 Å². The Morgan fingerprint density at radius 2 is 2.11 bits per heavy atom. The molecule has 0 amide bonds. The first-order valence-electron chi connectivity index (χ1n) is 7.09. The Balaban J connectivity index is 2.47. The lowest BCUT2D eigenvalue weighted by Crippen LogP contribution is -2.28. The highest BCUT2D eigenvalue weighted by molar-refractivity contribution is 5.54. The molecule has 0 spiro atoms. The van der Waals surface area contributed by atoms with Crippen LogP contribution in [0.1, 0.15) is 39.2 Å². The van der Waals surface area contributed by atoms with Crippen molar-refractivity contribution in [3.63, 3.8) is 0 Å². The maximum absolute atomic E-state index is 5.90. The minimum Gasteiger partial charge on any atom is -0.383 e. The van der Waals surface area contributed by atoms with E-state index < -0.39 is 0 Å². The fourth-order valence-corrected chi connectivity index (χ4v) is 1.87. The minimum atomic E-state index is 0.588. The molecule has 1 heterocycles. The molecule has 5 heteroatoms. The fraction of sp³-hybridized carbons (Fsp3) is 0.714. The van der Waals surface area contributed by atoms with Gasteiger partial charge in [-0.3, -0.25) is 0 Å². The van der Waals surface area contributed by atoms with E-state index in [1.807, 2.05) is 0 Å². The van der Waals surface area contributed by atoms with Crippen LogP contribution in [-0.4, -0.2) is 41.0 Å². The van der Waals surface area contributed by atoms with Gasteiger partial charge in [0.1, 0.15) is 18.0 Å². The number of nitrogens with zero attached hydrogens (tertiary/aromatic N) is 3. The summed E-state index contributed by atoms with van der Waals surface area (Å²) in [5.41, 5.74) is 6.94. The van der Waals surface area contributed by atoms with E-state index in [9.17, 15) is 0 Å². The van der Waals surface area contributed by atoms with Gasteiger partial charge >= 0.3 is 0 Å². The van der Waals surface area contributed by atoms with Gasteiger partial charge in [-0.2, -0.15) is 0 Å². The Kier molecular flexibility index (Phi) is 6.56. The number of nitrogens with two attached hydrogens (primary N) is 1. The normalized spacial score (nSPS) is 11.3. The number of aromatic nitrogens is 2. The average molecular weight is 265 g/mol. The Labute approximate surface area is 116 Å². The van der Waals surface area contributed by atoms with Crippen LogP contribution in [0.4, 0.5) is 11.6 Å². The van der Waals surface area contributed by atoms with Gasteiger partial charge in [-0.15, -0.1) is 0 Å². The molecular weight excluding hydrogens is 238 g/mol. The number of nitrogen functional groups attached to an aromatic ring is 1. The molecule has 0 aliphatic rings. The summed E-state index contributed by atoms with van der Waals surface area (Å²) in [6.07, 6.45) is 4.57. The van der Waals surface area contributed by atoms with Crippen molar-refractivity contribution in [3.8, 4) is 0 Å². The highest BCUT2D eigenvalue weighted by atomic mass is 15.1. The number of anilines is 2. The van der Waals surface area contributed by atoms with Gasteiger partial charge in [-0.25, -0.2) is 9.97 Å². The lowest BCUT2D eigenvalue weighted by molar-refractivity contribution is 0.273. The molecule has 0 atom stereocenters. The summed E-state index contributed by atoms with van der Waals surface area (Å²) >= 11 is 0. The molecule has 0 aliphatic heterocycles. The molecule has 0 saturated carbocycles. The molecule has 108 valence electrons. The first kappa shape index (κ1) is 15.7. The van der Waals surface area contributed by atoms with E-state index in [0.29, 0.717) is 11.9 Å². The van der Waals surface area contributed by atoms with Crippen LogP contribution in [0, 0.1) is 0 Å². The van der Waals surface area contributed by atoms with Crippen LogP contribution in [0.3, 0.4) is 0 Å². The van der Waals surface area contributed by atoms with Crippen LogP contribution in [0.15, 0.2) is 6.33 Å². The summed E-state index contributed by atoms with van der Waals surface area (Å²) in [4.78, 5) is 10.7. The summed E-state index contributed by atoms with van der Waals surface area (Å²) in [5, 5.41) is 3.38. The van der Waals surface area contributed by atoms with Gasteiger partial charge in [0.25, 0.3) is 0 Å². The Morgan fingerprint density at radius 3 is 2.74 bits per heavy atom. The van der Waals surface area contributed by atoms with Gasteiger partial charge in [-0.1, -0.05) is 13.3 Å². The summed E-state index contributed by atoms with van der Waals surface area (Å²) < 4.78 is 0. The second-order valence-electron chi connectivity index (χ2n) is 5.19. The van der Waals surface area contributed by atoms with Crippen molar-refractivity contribution in [1.29, 1.82) is 0 Å². The Bertz CT molecular complexity index is 378. The van der Waals surface area contributed by atoms with Crippen LogP contribution < -0.4 is 11.1 Å². The van der Waals surface area contributed by atoms with Gasteiger partial charge in [-0.05, 0) is 40.3 Å². The number of hydrogen-bond donors (Lipinski definition) is 2. The first-order valence-corrected chi connectivity index (χ1v) is 7.09. The van der Waals surface area contributed by atoms with Crippen molar-refractivity contribution >= 4 is 11.6 Å². The van der Waals surface area contributed by atoms with Gasteiger partial charge in [0.2, 0.25) is 0 Å². The molecule has 19 heavy (non-hydrogen) atoms. The van der Waals surface area contributed by atoms with E-state index in [0.717, 1.165) is 43.7 Å². The number of hydrogen-bond acceptors (Lipinski definition) is 5. The molecule has 1 aromatic heterocycles. The lowest BCUT2D eigenvalue weighted by Gasteiger charge is -2.21. The monoisotopic (exact) mass is 265 g/mol. The van der Waals surface area contributed by atoms with E-state index in [-0.39, 0.29) is 0 Å². The van der Waals surface area contributed by atoms with Crippen molar-refractivity contribution in [3.05, 3.63) is 11.9 Å². The van der Waals surface area contributed by atoms with E-state index in [4.69, 9.17) is 5.73 Å². The third kappa shape index (κ3) is 5.03. The summed E-state index contributed by atoms with van der Waals surface area (Å²) in [6.45, 7) is 8.53. The third-order valence-electron chi connectivity index (χ3n) is 3.34. The highest BCUT2D eigenvalue weighted by Crippen LogP contribution is 2.18. The van der Waals surface area contributed by atoms with Crippen molar-refractivity contribution in [1.82, 2.24) is 14.9 Å². The third-order valence-corrected chi connectivity index (χ3v) is 3.34. The van der Waals surface area contributed by atoms with Gasteiger partial charge in [0.15, 0.2) is 0 Å². The van der Waals surface area contributed by atoms with Crippen LogP contribution in [0.25, 0.3) is 0 Å². The zero-order valence-corrected chi connectivity index (χ0v) is 12.6. The molecule has 5 nitrogen and oxygen atoms in total. The molecule has 0 fully saturated rings. The SMILES string of the molecule is CCCc1c(N)ncnc1NCCCN(C)C(C)C. The summed E-state index contributed by atoms with van der Waals surface area (Å²) in [6, 6.07) is 0.588. The van der Waals surface area contributed by atoms with Gasteiger partial charge in [0, 0.05) is 18.2 Å². The largest absolute Gasteiger partial charge is 0.383 e. The van der Waals surface area contributed by atoms with E-state index >= 15 is 0 Å². The van der Waals surface area contributed by atoms with Crippen LogP contribution in [0.2, 0.25) is 0 Å². The molecule has 0 unspecified atom stereocenters. The van der Waals surface area contributed by atoms with Crippen LogP contribution in [-0.2, 0) is 6.42 Å². The van der Waals surface area contributed by atoms with Crippen LogP contribution in [0.5, 0.6) is 0 Å². The number of nitrogens with one attached hydrogen (secondary N) is 1. The summed E-state index contributed by atoms with van der Waals surface area (Å²) in [7, 11) is 2.15. The molecule has 0 aromatic carbocycles. The lowest BCUT2D eigenvalue weighted by atomic mass is 10.1. The quantitative estimate of drug-likeness (QED) is 0.705. The smallest absolute Gasteiger partial charge is 0.134 e. The highest BCUT2D eigenvalue weighted by Gasteiger charge is 2.08. The molecule has 0 radical (unpaired) electrons. The van der Waals surface area contributed by atoms with Crippen molar-refractivity contribution in [2.24, 2.45) is 0 Å². The predicted molar refractivity (Wildman–Crippen MR) is 81.3 cm³/mol. The molecule has 0 aliphatic carbocycles. The maximum atomic E-state index is 5.90. The second kappa shape index (κ2) is 7.94. The Morgan fingerprint density at radius 1 is 1.37 bits per heavy atom. The summed E-state index contributed by atoms with van der Waals surface area (Å²) in [5.74, 6) is 1.49. The van der Waals surface area contributed by atoms with Gasteiger partial charge in [0.05, 0.1) is 0 Å². The zero-order valence-electron chi connectivity index (χ0n) is 12.6. The van der Waals surface area contributed by atoms with Crippen molar-refractivity contribution in [2.45, 2.75) is 46.1 Å². The van der Waals surface area contributed by atoms with E-state index in [1.54, 1.807) is 0 Å². The standard InChI is InChI=1S/C14H27N5/c1-5-7-12-13(15)17-10-18-14(12)16-8-6-9-19(4)11(2)3/h10-11H,5-9H2,1-4H3,(H3,15,16,17,18). The van der Waals surface area contributed by atoms with E-state index in [1.165, 1.54) is 6.33 Å². The molecular formula is C14H27N5.